The number of hydrogen-bond acceptors (Lipinski definition) is 4. The molecule has 2 rings (SSSR count). The fourth-order valence-corrected chi connectivity index (χ4v) is 5.52. The van der Waals surface area contributed by atoms with Crippen LogP contribution in [0.25, 0.3) is 0 Å². The van der Waals surface area contributed by atoms with Gasteiger partial charge in [0.2, 0.25) is 9.05 Å². The normalized spacial score (nSPS) is 23.0. The van der Waals surface area contributed by atoms with Gasteiger partial charge in [-0.15, -0.1) is 0 Å². The maximum absolute atomic E-state index is 11.7. The molecule has 122 valence electrons. The van der Waals surface area contributed by atoms with Crippen molar-refractivity contribution in [2.75, 3.05) is 12.3 Å². The van der Waals surface area contributed by atoms with Gasteiger partial charge in [-0.3, -0.25) is 0 Å². The lowest BCUT2D eigenvalue weighted by molar-refractivity contribution is -0.0823. The summed E-state index contributed by atoms with van der Waals surface area (Å²) in [5.74, 6) is -0.0842. The third kappa shape index (κ3) is 4.49. The zero-order valence-electron chi connectivity index (χ0n) is 12.9. The molecule has 1 spiro atoms. The third-order valence-corrected chi connectivity index (χ3v) is 5.68. The van der Waals surface area contributed by atoms with Gasteiger partial charge in [-0.2, -0.15) is 0 Å². The molecule has 0 aliphatic heterocycles. The third-order valence-electron chi connectivity index (χ3n) is 4.40. The van der Waals surface area contributed by atoms with Crippen LogP contribution in [0.2, 0.25) is 0 Å². The quantitative estimate of drug-likeness (QED) is 0.800. The van der Waals surface area contributed by atoms with Crippen LogP contribution in [0.15, 0.2) is 0 Å². The monoisotopic (exact) mass is 337 g/mol. The summed E-state index contributed by atoms with van der Waals surface area (Å²) < 4.78 is 28.1. The van der Waals surface area contributed by atoms with Gasteiger partial charge in [0.05, 0.1) is 5.75 Å². The number of nitrogens with one attached hydrogen (secondary N) is 1. The molecule has 0 radical (unpaired) electrons. The molecule has 0 aromatic carbocycles. The number of hydrogen-bond donors (Lipinski definition) is 1. The molecule has 0 saturated heterocycles. The highest BCUT2D eigenvalue weighted by Crippen LogP contribution is 2.64. The summed E-state index contributed by atoms with van der Waals surface area (Å²) in [7, 11) is 1.85. The smallest absolute Gasteiger partial charge is 0.407 e. The van der Waals surface area contributed by atoms with Crippen molar-refractivity contribution in [3.63, 3.8) is 0 Å². The summed E-state index contributed by atoms with van der Waals surface area (Å²) in [5, 5.41) is 2.71. The topological polar surface area (TPSA) is 72.5 Å². The predicted molar refractivity (Wildman–Crippen MR) is 81.8 cm³/mol. The predicted octanol–water partition coefficient (Wildman–Crippen LogP) is 3.03. The van der Waals surface area contributed by atoms with Crippen LogP contribution in [0.1, 0.15) is 52.9 Å². The van der Waals surface area contributed by atoms with Gasteiger partial charge in [-0.05, 0) is 51.9 Å². The summed E-state index contributed by atoms with van der Waals surface area (Å²) >= 11 is 0. The van der Waals surface area contributed by atoms with Crippen molar-refractivity contribution >= 4 is 25.8 Å². The highest BCUT2D eigenvalue weighted by atomic mass is 35.7. The van der Waals surface area contributed by atoms with Crippen molar-refractivity contribution in [3.05, 3.63) is 0 Å². The number of carbonyl (C=O) groups excluding carboxylic acids is 1. The van der Waals surface area contributed by atoms with Crippen LogP contribution in [-0.2, 0) is 13.8 Å². The fraction of sp³-hybridized carbons (Fsp3) is 0.929. The van der Waals surface area contributed by atoms with Gasteiger partial charge in [-0.25, -0.2) is 13.2 Å². The molecule has 1 amide bonds. The second kappa shape index (κ2) is 5.30. The Kier molecular flexibility index (Phi) is 4.26. The highest BCUT2D eigenvalue weighted by molar-refractivity contribution is 8.13. The lowest BCUT2D eigenvalue weighted by atomic mass is 9.46. The van der Waals surface area contributed by atoms with E-state index >= 15 is 0 Å². The average molecular weight is 338 g/mol. The molecule has 0 atom stereocenters. The van der Waals surface area contributed by atoms with E-state index in [2.05, 4.69) is 5.32 Å². The minimum Gasteiger partial charge on any atom is -0.444 e. The van der Waals surface area contributed by atoms with Crippen molar-refractivity contribution in [1.82, 2.24) is 5.32 Å². The van der Waals surface area contributed by atoms with Crippen molar-refractivity contribution in [2.45, 2.75) is 58.5 Å². The van der Waals surface area contributed by atoms with Gasteiger partial charge < -0.3 is 10.1 Å². The van der Waals surface area contributed by atoms with Crippen LogP contribution in [0.3, 0.4) is 0 Å². The van der Waals surface area contributed by atoms with Crippen LogP contribution in [0.5, 0.6) is 0 Å². The summed E-state index contributed by atoms with van der Waals surface area (Å²) in [4.78, 5) is 11.7. The van der Waals surface area contributed by atoms with Crippen LogP contribution >= 0.6 is 10.7 Å². The number of ether oxygens (including phenoxy) is 1. The molecule has 2 saturated carbocycles. The van der Waals surface area contributed by atoms with E-state index < -0.39 is 26.2 Å². The molecule has 0 aromatic heterocycles. The fourth-order valence-electron chi connectivity index (χ4n) is 3.79. The SMILES string of the molecule is CC(C)(C)OC(=O)NCC1(CS(=O)(=O)Cl)CC2(CCC2)C1. The lowest BCUT2D eigenvalue weighted by Gasteiger charge is -2.61. The number of carbonyl (C=O) groups is 1. The first-order valence-electron chi connectivity index (χ1n) is 7.32. The van der Waals surface area contributed by atoms with E-state index in [-0.39, 0.29) is 5.75 Å². The van der Waals surface area contributed by atoms with Crippen molar-refractivity contribution in [3.8, 4) is 0 Å². The lowest BCUT2D eigenvalue weighted by Crippen LogP contribution is -2.57. The van der Waals surface area contributed by atoms with Gasteiger partial charge in [0, 0.05) is 22.6 Å². The molecule has 2 aliphatic rings. The maximum atomic E-state index is 11.7. The molecule has 21 heavy (non-hydrogen) atoms. The molecular formula is C14H24ClNO4S. The van der Waals surface area contributed by atoms with Crippen molar-refractivity contribution in [2.24, 2.45) is 10.8 Å². The minimum atomic E-state index is -3.58. The van der Waals surface area contributed by atoms with Gasteiger partial charge >= 0.3 is 6.09 Å². The second-order valence-corrected chi connectivity index (χ2v) is 10.5. The highest BCUT2D eigenvalue weighted by Gasteiger charge is 2.58. The molecular weight excluding hydrogens is 314 g/mol. The molecule has 0 aromatic rings. The Labute approximate surface area is 131 Å². The average Bonchev–Trinajstić information content (AvgIpc) is 2.13. The van der Waals surface area contributed by atoms with E-state index in [1.54, 1.807) is 20.8 Å². The van der Waals surface area contributed by atoms with E-state index in [4.69, 9.17) is 15.4 Å². The molecule has 2 aliphatic carbocycles. The van der Waals surface area contributed by atoms with E-state index in [9.17, 15) is 13.2 Å². The van der Waals surface area contributed by atoms with Crippen LogP contribution in [0, 0.1) is 10.8 Å². The van der Waals surface area contributed by atoms with E-state index in [0.29, 0.717) is 12.0 Å². The zero-order chi connectivity index (χ0) is 15.9. The number of amides is 1. The zero-order valence-corrected chi connectivity index (χ0v) is 14.4. The molecule has 1 N–H and O–H groups in total. The first kappa shape index (κ1) is 16.9. The Hall–Kier alpha value is -0.490. The number of halogens is 1. The van der Waals surface area contributed by atoms with E-state index in [1.165, 1.54) is 6.42 Å². The summed E-state index contributed by atoms with van der Waals surface area (Å²) in [6, 6.07) is 0. The van der Waals surface area contributed by atoms with Gasteiger partial charge in [0.25, 0.3) is 0 Å². The Balaban J connectivity index is 1.93. The Morgan fingerprint density at radius 2 is 1.86 bits per heavy atom. The maximum Gasteiger partial charge on any atom is 0.407 e. The molecule has 0 heterocycles. The standard InChI is InChI=1S/C14H24ClNO4S/c1-12(2,3)20-11(17)16-9-14(10-21(15,18)19)7-13(8-14)5-4-6-13/h4-10H2,1-3H3,(H,16,17). The molecule has 7 heteroatoms. The molecule has 0 bridgehead atoms. The van der Waals surface area contributed by atoms with Crippen molar-refractivity contribution in [1.29, 1.82) is 0 Å². The number of rotatable bonds is 4. The minimum absolute atomic E-state index is 0.0842. The van der Waals surface area contributed by atoms with Gasteiger partial charge in [-0.1, -0.05) is 6.42 Å². The Bertz CT molecular complexity index is 512. The van der Waals surface area contributed by atoms with E-state index in [0.717, 1.165) is 25.7 Å². The van der Waals surface area contributed by atoms with Gasteiger partial charge in [0.15, 0.2) is 0 Å². The molecule has 2 fully saturated rings. The molecule has 0 unspecified atom stereocenters. The van der Waals surface area contributed by atoms with Crippen LogP contribution < -0.4 is 5.32 Å². The van der Waals surface area contributed by atoms with Crippen molar-refractivity contribution < 1.29 is 17.9 Å². The van der Waals surface area contributed by atoms with E-state index in [1.807, 2.05) is 0 Å². The number of alkyl carbamates (subject to hydrolysis) is 1. The molecule has 5 nitrogen and oxygen atoms in total. The first-order chi connectivity index (χ1) is 9.43. The van der Waals surface area contributed by atoms with Gasteiger partial charge in [0.1, 0.15) is 5.60 Å². The second-order valence-electron chi connectivity index (χ2n) is 7.75. The van der Waals surface area contributed by atoms with Crippen LogP contribution in [0.4, 0.5) is 4.79 Å². The first-order valence-corrected chi connectivity index (χ1v) is 9.80. The summed E-state index contributed by atoms with van der Waals surface area (Å²) in [6.07, 6.45) is 4.66. The van der Waals surface area contributed by atoms with Crippen LogP contribution in [-0.4, -0.2) is 32.4 Å². The summed E-state index contributed by atoms with van der Waals surface area (Å²) in [5.41, 5.74) is -0.695. The Morgan fingerprint density at radius 3 is 2.24 bits per heavy atom. The summed E-state index contributed by atoms with van der Waals surface area (Å²) in [6.45, 7) is 5.67. The largest absolute Gasteiger partial charge is 0.444 e. The Morgan fingerprint density at radius 1 is 1.29 bits per heavy atom.